The molecule has 2 nitrogen and oxygen atoms in total. The van der Waals surface area contributed by atoms with Crippen LogP contribution in [0.2, 0.25) is 0 Å². The highest BCUT2D eigenvalue weighted by Gasteiger charge is 2.06. The molecule has 1 aromatic carbocycles. The normalized spacial score (nSPS) is 12.2. The Balaban J connectivity index is 2.54. The molecule has 1 atom stereocenters. The number of hydrogen-bond donors (Lipinski definition) is 0. The Kier molecular flexibility index (Phi) is 5.67. The van der Waals surface area contributed by atoms with Crippen LogP contribution in [0.4, 0.5) is 0 Å². The Labute approximate surface area is 106 Å². The van der Waals surface area contributed by atoms with Crippen LogP contribution in [0.15, 0.2) is 22.7 Å². The lowest BCUT2D eigenvalue weighted by atomic mass is 10.1. The number of methoxy groups -OCH3 is 1. The molecule has 1 aromatic rings. The summed E-state index contributed by atoms with van der Waals surface area (Å²) in [5.41, 5.74) is 0. The van der Waals surface area contributed by atoms with Crippen molar-refractivity contribution in [2.75, 3.05) is 13.7 Å². The van der Waals surface area contributed by atoms with Crippen molar-refractivity contribution in [3.05, 3.63) is 22.7 Å². The first-order valence-corrected chi connectivity index (χ1v) is 6.43. The summed E-state index contributed by atoms with van der Waals surface area (Å²) in [4.78, 5) is 0. The fourth-order valence-electron chi connectivity index (χ4n) is 1.53. The average Bonchev–Trinajstić information content (AvgIpc) is 2.27. The molecule has 90 valence electrons. The fourth-order valence-corrected chi connectivity index (χ4v) is 2.01. The average molecular weight is 287 g/mol. The standard InChI is InChI=1S/C13H19BrO2/c1-4-5-10(2)9-16-13-7-6-11(15-3)8-12(13)14/h6-8,10H,4-5,9H2,1-3H3. The molecule has 0 saturated heterocycles. The first-order chi connectivity index (χ1) is 7.67. The molecule has 0 amide bonds. The minimum atomic E-state index is 0.596. The lowest BCUT2D eigenvalue weighted by Gasteiger charge is -2.13. The second kappa shape index (κ2) is 6.79. The summed E-state index contributed by atoms with van der Waals surface area (Å²) in [6.45, 7) is 5.17. The van der Waals surface area contributed by atoms with E-state index in [1.54, 1.807) is 7.11 Å². The van der Waals surface area contributed by atoms with Gasteiger partial charge in [0.25, 0.3) is 0 Å². The maximum Gasteiger partial charge on any atom is 0.133 e. The molecule has 0 saturated carbocycles. The van der Waals surface area contributed by atoms with Crippen molar-refractivity contribution in [2.24, 2.45) is 5.92 Å². The molecule has 0 aromatic heterocycles. The second-order valence-electron chi connectivity index (χ2n) is 4.00. The maximum absolute atomic E-state index is 5.75. The molecule has 0 aliphatic carbocycles. The minimum Gasteiger partial charge on any atom is -0.497 e. The van der Waals surface area contributed by atoms with E-state index in [0.717, 1.165) is 22.6 Å². The largest absolute Gasteiger partial charge is 0.497 e. The first kappa shape index (κ1) is 13.4. The van der Waals surface area contributed by atoms with Gasteiger partial charge in [0.05, 0.1) is 18.2 Å². The zero-order valence-electron chi connectivity index (χ0n) is 10.1. The van der Waals surface area contributed by atoms with E-state index in [1.807, 2.05) is 18.2 Å². The quantitative estimate of drug-likeness (QED) is 0.777. The van der Waals surface area contributed by atoms with Gasteiger partial charge in [0.15, 0.2) is 0 Å². The van der Waals surface area contributed by atoms with Gasteiger partial charge >= 0.3 is 0 Å². The van der Waals surface area contributed by atoms with Crippen molar-refractivity contribution in [3.8, 4) is 11.5 Å². The van der Waals surface area contributed by atoms with Crippen LogP contribution in [0.25, 0.3) is 0 Å². The van der Waals surface area contributed by atoms with Crippen LogP contribution in [-0.4, -0.2) is 13.7 Å². The van der Waals surface area contributed by atoms with E-state index in [4.69, 9.17) is 9.47 Å². The van der Waals surface area contributed by atoms with E-state index in [2.05, 4.69) is 29.8 Å². The fraction of sp³-hybridized carbons (Fsp3) is 0.538. The molecule has 0 spiro atoms. The van der Waals surface area contributed by atoms with Gasteiger partial charge in [-0.2, -0.15) is 0 Å². The van der Waals surface area contributed by atoms with Crippen molar-refractivity contribution >= 4 is 15.9 Å². The van der Waals surface area contributed by atoms with Crippen LogP contribution < -0.4 is 9.47 Å². The number of ether oxygens (including phenoxy) is 2. The molecule has 0 N–H and O–H groups in total. The summed E-state index contributed by atoms with van der Waals surface area (Å²) >= 11 is 3.47. The third kappa shape index (κ3) is 4.05. The molecular formula is C13H19BrO2. The third-order valence-corrected chi connectivity index (χ3v) is 3.06. The third-order valence-electron chi connectivity index (χ3n) is 2.44. The van der Waals surface area contributed by atoms with Gasteiger partial charge in [-0.3, -0.25) is 0 Å². The Morgan fingerprint density at radius 3 is 2.69 bits per heavy atom. The monoisotopic (exact) mass is 286 g/mol. The van der Waals surface area contributed by atoms with Crippen molar-refractivity contribution in [1.29, 1.82) is 0 Å². The smallest absolute Gasteiger partial charge is 0.133 e. The summed E-state index contributed by atoms with van der Waals surface area (Å²) < 4.78 is 11.8. The van der Waals surface area contributed by atoms with E-state index in [0.29, 0.717) is 5.92 Å². The second-order valence-corrected chi connectivity index (χ2v) is 4.86. The first-order valence-electron chi connectivity index (χ1n) is 5.63. The molecule has 0 heterocycles. The summed E-state index contributed by atoms with van der Waals surface area (Å²) in [6.07, 6.45) is 2.40. The zero-order valence-corrected chi connectivity index (χ0v) is 11.7. The maximum atomic E-state index is 5.75. The lowest BCUT2D eigenvalue weighted by Crippen LogP contribution is -2.08. The molecular weight excluding hydrogens is 268 g/mol. The molecule has 0 radical (unpaired) electrons. The highest BCUT2D eigenvalue weighted by Crippen LogP contribution is 2.29. The van der Waals surface area contributed by atoms with Crippen molar-refractivity contribution < 1.29 is 9.47 Å². The predicted molar refractivity (Wildman–Crippen MR) is 70.3 cm³/mol. The lowest BCUT2D eigenvalue weighted by molar-refractivity contribution is 0.250. The van der Waals surface area contributed by atoms with E-state index in [-0.39, 0.29) is 0 Å². The van der Waals surface area contributed by atoms with Crippen LogP contribution in [0.3, 0.4) is 0 Å². The van der Waals surface area contributed by atoms with Crippen LogP contribution in [-0.2, 0) is 0 Å². The van der Waals surface area contributed by atoms with Crippen LogP contribution in [0, 0.1) is 5.92 Å². The van der Waals surface area contributed by atoms with Crippen molar-refractivity contribution in [3.63, 3.8) is 0 Å². The molecule has 0 aliphatic heterocycles. The van der Waals surface area contributed by atoms with Gasteiger partial charge in [0.2, 0.25) is 0 Å². The van der Waals surface area contributed by atoms with Crippen LogP contribution >= 0.6 is 15.9 Å². The van der Waals surface area contributed by atoms with E-state index in [1.165, 1.54) is 12.8 Å². The van der Waals surface area contributed by atoms with Gasteiger partial charge in [-0.1, -0.05) is 20.3 Å². The van der Waals surface area contributed by atoms with Gasteiger partial charge in [-0.05, 0) is 46.5 Å². The molecule has 0 fully saturated rings. The van der Waals surface area contributed by atoms with E-state index < -0.39 is 0 Å². The number of hydrogen-bond acceptors (Lipinski definition) is 2. The SMILES string of the molecule is CCCC(C)COc1ccc(OC)cc1Br. The Morgan fingerprint density at radius 2 is 2.12 bits per heavy atom. The van der Waals surface area contributed by atoms with E-state index in [9.17, 15) is 0 Å². The van der Waals surface area contributed by atoms with Gasteiger partial charge in [-0.15, -0.1) is 0 Å². The van der Waals surface area contributed by atoms with Gasteiger partial charge in [0.1, 0.15) is 11.5 Å². The molecule has 16 heavy (non-hydrogen) atoms. The topological polar surface area (TPSA) is 18.5 Å². The molecule has 1 rings (SSSR count). The Morgan fingerprint density at radius 1 is 1.38 bits per heavy atom. The molecule has 0 bridgehead atoms. The molecule has 3 heteroatoms. The zero-order chi connectivity index (χ0) is 12.0. The Hall–Kier alpha value is -0.700. The highest BCUT2D eigenvalue weighted by atomic mass is 79.9. The summed E-state index contributed by atoms with van der Waals surface area (Å²) in [5.74, 6) is 2.31. The summed E-state index contributed by atoms with van der Waals surface area (Å²) in [5, 5.41) is 0. The molecule has 1 unspecified atom stereocenters. The number of rotatable bonds is 6. The number of halogens is 1. The van der Waals surface area contributed by atoms with Crippen LogP contribution in [0.1, 0.15) is 26.7 Å². The van der Waals surface area contributed by atoms with Crippen molar-refractivity contribution in [1.82, 2.24) is 0 Å². The minimum absolute atomic E-state index is 0.596. The van der Waals surface area contributed by atoms with Crippen LogP contribution in [0.5, 0.6) is 11.5 Å². The highest BCUT2D eigenvalue weighted by molar-refractivity contribution is 9.10. The molecule has 0 aliphatic rings. The van der Waals surface area contributed by atoms with Gasteiger partial charge < -0.3 is 9.47 Å². The van der Waals surface area contributed by atoms with Gasteiger partial charge in [-0.25, -0.2) is 0 Å². The van der Waals surface area contributed by atoms with E-state index >= 15 is 0 Å². The Bertz CT molecular complexity index is 326. The number of benzene rings is 1. The van der Waals surface area contributed by atoms with Gasteiger partial charge in [0, 0.05) is 0 Å². The predicted octanol–water partition coefficient (Wildman–Crippen LogP) is 4.27. The summed E-state index contributed by atoms with van der Waals surface area (Å²) in [7, 11) is 1.66. The summed E-state index contributed by atoms with van der Waals surface area (Å²) in [6, 6.07) is 5.76. The van der Waals surface area contributed by atoms with Crippen molar-refractivity contribution in [2.45, 2.75) is 26.7 Å².